The van der Waals surface area contributed by atoms with E-state index in [2.05, 4.69) is 53.3 Å². The molecule has 0 aliphatic carbocycles. The van der Waals surface area contributed by atoms with E-state index in [-0.39, 0.29) is 0 Å². The van der Waals surface area contributed by atoms with Gasteiger partial charge in [0.05, 0.1) is 10.7 Å². The van der Waals surface area contributed by atoms with E-state index in [0.717, 1.165) is 22.0 Å². The molecule has 0 unspecified atom stereocenters. The summed E-state index contributed by atoms with van der Waals surface area (Å²) in [5.74, 6) is 0.947. The minimum absolute atomic E-state index is 0.947. The maximum Gasteiger partial charge on any atom is 0.0963 e. The summed E-state index contributed by atoms with van der Waals surface area (Å²) in [6.07, 6.45) is 3.69. The van der Waals surface area contributed by atoms with E-state index in [4.69, 9.17) is 0 Å². The zero-order valence-electron chi connectivity index (χ0n) is 11.9. The molecule has 104 valence electrons. The van der Waals surface area contributed by atoms with Crippen LogP contribution >= 0.6 is 11.8 Å². The SMILES string of the molecule is Cc1ccccc1CSc1ccc(-c2ccccn2)cn1. The highest BCUT2D eigenvalue weighted by molar-refractivity contribution is 7.98. The lowest BCUT2D eigenvalue weighted by atomic mass is 10.1. The zero-order chi connectivity index (χ0) is 14.5. The number of pyridine rings is 2. The predicted octanol–water partition coefficient (Wildman–Crippen LogP) is 4.74. The molecule has 0 amide bonds. The molecule has 3 aromatic rings. The number of benzene rings is 1. The van der Waals surface area contributed by atoms with Gasteiger partial charge >= 0.3 is 0 Å². The van der Waals surface area contributed by atoms with Gasteiger partial charge in [-0.2, -0.15) is 0 Å². The monoisotopic (exact) mass is 292 g/mol. The number of hydrogen-bond acceptors (Lipinski definition) is 3. The summed E-state index contributed by atoms with van der Waals surface area (Å²) in [6.45, 7) is 2.15. The average molecular weight is 292 g/mol. The van der Waals surface area contributed by atoms with Gasteiger partial charge < -0.3 is 0 Å². The van der Waals surface area contributed by atoms with Crippen molar-refractivity contribution in [3.63, 3.8) is 0 Å². The number of aromatic nitrogens is 2. The molecule has 3 heteroatoms. The lowest BCUT2D eigenvalue weighted by Gasteiger charge is -2.05. The quantitative estimate of drug-likeness (QED) is 0.649. The molecule has 3 rings (SSSR count). The average Bonchev–Trinajstić information content (AvgIpc) is 2.55. The van der Waals surface area contributed by atoms with E-state index >= 15 is 0 Å². The van der Waals surface area contributed by atoms with E-state index in [9.17, 15) is 0 Å². The Morgan fingerprint density at radius 2 is 1.76 bits per heavy atom. The van der Waals surface area contributed by atoms with Crippen LogP contribution in [0.4, 0.5) is 0 Å². The Morgan fingerprint density at radius 3 is 2.48 bits per heavy atom. The Balaban J connectivity index is 1.69. The van der Waals surface area contributed by atoms with Crippen LogP contribution in [0.15, 0.2) is 72.0 Å². The molecule has 0 spiro atoms. The van der Waals surface area contributed by atoms with E-state index in [0.29, 0.717) is 0 Å². The van der Waals surface area contributed by atoms with Crippen molar-refractivity contribution in [2.45, 2.75) is 17.7 Å². The van der Waals surface area contributed by atoms with Crippen molar-refractivity contribution in [1.29, 1.82) is 0 Å². The molecule has 21 heavy (non-hydrogen) atoms. The minimum Gasteiger partial charge on any atom is -0.256 e. The Labute approximate surface area is 129 Å². The van der Waals surface area contributed by atoms with E-state index in [1.54, 1.807) is 18.0 Å². The molecule has 0 aliphatic rings. The van der Waals surface area contributed by atoms with E-state index < -0.39 is 0 Å². The van der Waals surface area contributed by atoms with Crippen LogP contribution in [0.25, 0.3) is 11.3 Å². The van der Waals surface area contributed by atoms with Gasteiger partial charge in [-0.15, -0.1) is 11.8 Å². The van der Waals surface area contributed by atoms with Gasteiger partial charge in [-0.25, -0.2) is 4.98 Å². The highest BCUT2D eigenvalue weighted by Gasteiger charge is 2.02. The second kappa shape index (κ2) is 6.55. The van der Waals surface area contributed by atoms with Crippen LogP contribution in [0.3, 0.4) is 0 Å². The second-order valence-corrected chi connectivity index (χ2v) is 5.81. The number of hydrogen-bond donors (Lipinski definition) is 0. The van der Waals surface area contributed by atoms with Crippen LogP contribution in [-0.2, 0) is 5.75 Å². The third kappa shape index (κ3) is 3.50. The number of aryl methyl sites for hydroxylation is 1. The van der Waals surface area contributed by atoms with Crippen LogP contribution < -0.4 is 0 Å². The summed E-state index contributed by atoms with van der Waals surface area (Å²) >= 11 is 1.76. The van der Waals surface area contributed by atoms with Gasteiger partial charge in [0.2, 0.25) is 0 Å². The normalized spacial score (nSPS) is 10.5. The summed E-state index contributed by atoms with van der Waals surface area (Å²) in [6, 6.07) is 18.5. The molecule has 0 radical (unpaired) electrons. The molecular formula is C18H16N2S. The molecule has 0 saturated carbocycles. The maximum atomic E-state index is 4.52. The fraction of sp³-hybridized carbons (Fsp3) is 0.111. The highest BCUT2D eigenvalue weighted by Crippen LogP contribution is 2.24. The smallest absolute Gasteiger partial charge is 0.0963 e. The first kappa shape index (κ1) is 13.8. The first-order valence-electron chi connectivity index (χ1n) is 6.88. The van der Waals surface area contributed by atoms with Gasteiger partial charge in [0.25, 0.3) is 0 Å². The molecule has 2 nitrogen and oxygen atoms in total. The van der Waals surface area contributed by atoms with Crippen LogP contribution in [0.1, 0.15) is 11.1 Å². The van der Waals surface area contributed by atoms with Crippen molar-refractivity contribution in [2.24, 2.45) is 0 Å². The van der Waals surface area contributed by atoms with Crippen LogP contribution in [0, 0.1) is 6.92 Å². The molecular weight excluding hydrogens is 276 g/mol. The van der Waals surface area contributed by atoms with E-state index in [1.807, 2.05) is 24.4 Å². The van der Waals surface area contributed by atoms with Crippen molar-refractivity contribution in [2.75, 3.05) is 0 Å². The third-order valence-electron chi connectivity index (χ3n) is 3.33. The molecule has 0 bridgehead atoms. The molecule has 0 fully saturated rings. The molecule has 1 aromatic carbocycles. The van der Waals surface area contributed by atoms with Gasteiger partial charge in [0, 0.05) is 23.7 Å². The lowest BCUT2D eigenvalue weighted by Crippen LogP contribution is -1.88. The molecule has 2 aromatic heterocycles. The van der Waals surface area contributed by atoms with Gasteiger partial charge in [-0.3, -0.25) is 4.98 Å². The van der Waals surface area contributed by atoms with Crippen LogP contribution in [0.2, 0.25) is 0 Å². The van der Waals surface area contributed by atoms with Crippen molar-refractivity contribution >= 4 is 11.8 Å². The zero-order valence-corrected chi connectivity index (χ0v) is 12.7. The molecule has 0 N–H and O–H groups in total. The maximum absolute atomic E-state index is 4.52. The lowest BCUT2D eigenvalue weighted by molar-refractivity contribution is 1.13. The fourth-order valence-electron chi connectivity index (χ4n) is 2.07. The summed E-state index contributed by atoms with van der Waals surface area (Å²) < 4.78 is 0. The summed E-state index contributed by atoms with van der Waals surface area (Å²) in [5, 5.41) is 1.04. The first-order valence-corrected chi connectivity index (χ1v) is 7.86. The van der Waals surface area contributed by atoms with Gasteiger partial charge in [-0.05, 0) is 42.3 Å². The fourth-order valence-corrected chi connectivity index (χ4v) is 2.99. The summed E-state index contributed by atoms with van der Waals surface area (Å²) in [4.78, 5) is 8.86. The van der Waals surface area contributed by atoms with Gasteiger partial charge in [-0.1, -0.05) is 30.3 Å². The summed E-state index contributed by atoms with van der Waals surface area (Å²) in [5.41, 5.74) is 4.70. The molecule has 0 aliphatic heterocycles. The minimum atomic E-state index is 0.947. The third-order valence-corrected chi connectivity index (χ3v) is 4.33. The predicted molar refractivity (Wildman–Crippen MR) is 88.2 cm³/mol. The largest absolute Gasteiger partial charge is 0.256 e. The number of thioether (sulfide) groups is 1. The number of rotatable bonds is 4. The second-order valence-electron chi connectivity index (χ2n) is 4.82. The molecule has 0 saturated heterocycles. The Morgan fingerprint density at radius 1 is 0.905 bits per heavy atom. The Bertz CT molecular complexity index is 709. The molecule has 2 heterocycles. The van der Waals surface area contributed by atoms with Gasteiger partial charge in [0.1, 0.15) is 0 Å². The highest BCUT2D eigenvalue weighted by atomic mass is 32.2. The van der Waals surface area contributed by atoms with Crippen molar-refractivity contribution in [3.05, 3.63) is 78.1 Å². The Kier molecular flexibility index (Phi) is 4.31. The van der Waals surface area contributed by atoms with Crippen LogP contribution in [0.5, 0.6) is 0 Å². The van der Waals surface area contributed by atoms with Crippen molar-refractivity contribution < 1.29 is 0 Å². The first-order chi connectivity index (χ1) is 10.3. The standard InChI is InChI=1S/C18H16N2S/c1-14-6-2-3-7-16(14)13-21-18-10-9-15(12-20-18)17-8-4-5-11-19-17/h2-12H,13H2,1H3. The van der Waals surface area contributed by atoms with Gasteiger partial charge in [0.15, 0.2) is 0 Å². The molecule has 0 atom stereocenters. The Hall–Kier alpha value is -2.13. The topological polar surface area (TPSA) is 25.8 Å². The van der Waals surface area contributed by atoms with E-state index in [1.165, 1.54) is 11.1 Å². The number of nitrogens with zero attached hydrogens (tertiary/aromatic N) is 2. The summed E-state index contributed by atoms with van der Waals surface area (Å²) in [7, 11) is 0. The van der Waals surface area contributed by atoms with Crippen LogP contribution in [-0.4, -0.2) is 9.97 Å². The van der Waals surface area contributed by atoms with Crippen molar-refractivity contribution in [3.8, 4) is 11.3 Å². The van der Waals surface area contributed by atoms with Crippen molar-refractivity contribution in [1.82, 2.24) is 9.97 Å².